The number of hydrogen-bond donors (Lipinski definition) is 1. The SMILES string of the molecule is CCNCc1cc(F)cc(Oc2cccc(COC)c2)c1. The predicted octanol–water partition coefficient (Wildman–Crippen LogP) is 3.87. The molecule has 2 rings (SSSR count). The van der Waals surface area contributed by atoms with E-state index >= 15 is 0 Å². The zero-order valence-corrected chi connectivity index (χ0v) is 12.4. The van der Waals surface area contributed by atoms with Crippen molar-refractivity contribution in [2.75, 3.05) is 13.7 Å². The summed E-state index contributed by atoms with van der Waals surface area (Å²) in [5.41, 5.74) is 1.87. The van der Waals surface area contributed by atoms with E-state index in [-0.39, 0.29) is 5.82 Å². The van der Waals surface area contributed by atoms with E-state index in [0.29, 0.717) is 24.7 Å². The Labute approximate surface area is 124 Å². The van der Waals surface area contributed by atoms with E-state index in [2.05, 4.69) is 5.32 Å². The van der Waals surface area contributed by atoms with Gasteiger partial charge in [0.05, 0.1) is 6.61 Å². The molecule has 0 saturated carbocycles. The van der Waals surface area contributed by atoms with E-state index in [1.807, 2.05) is 37.3 Å². The van der Waals surface area contributed by atoms with Crippen molar-refractivity contribution in [2.45, 2.75) is 20.1 Å². The molecule has 4 heteroatoms. The lowest BCUT2D eigenvalue weighted by Gasteiger charge is -2.10. The average Bonchev–Trinajstić information content (AvgIpc) is 2.45. The fourth-order valence-electron chi connectivity index (χ4n) is 2.05. The number of nitrogens with one attached hydrogen (secondary N) is 1. The summed E-state index contributed by atoms with van der Waals surface area (Å²) in [6.07, 6.45) is 0. The van der Waals surface area contributed by atoms with Gasteiger partial charge in [-0.15, -0.1) is 0 Å². The molecule has 3 nitrogen and oxygen atoms in total. The van der Waals surface area contributed by atoms with Gasteiger partial charge in [-0.1, -0.05) is 19.1 Å². The number of ether oxygens (including phenoxy) is 2. The van der Waals surface area contributed by atoms with Crippen LogP contribution in [0.15, 0.2) is 42.5 Å². The summed E-state index contributed by atoms with van der Waals surface area (Å²) >= 11 is 0. The Kier molecular flexibility index (Phi) is 5.72. The van der Waals surface area contributed by atoms with Crippen LogP contribution in [0.25, 0.3) is 0 Å². The van der Waals surface area contributed by atoms with Crippen LogP contribution in [0, 0.1) is 5.82 Å². The molecule has 0 fully saturated rings. The van der Waals surface area contributed by atoms with Crippen molar-refractivity contribution in [3.05, 3.63) is 59.4 Å². The quantitative estimate of drug-likeness (QED) is 0.839. The molecule has 0 spiro atoms. The normalized spacial score (nSPS) is 10.6. The average molecular weight is 289 g/mol. The Hall–Kier alpha value is -1.91. The maximum atomic E-state index is 13.6. The molecule has 0 aliphatic rings. The number of halogens is 1. The molecule has 0 atom stereocenters. The van der Waals surface area contributed by atoms with Crippen molar-refractivity contribution in [2.24, 2.45) is 0 Å². The molecule has 0 saturated heterocycles. The Bertz CT molecular complexity index is 587. The van der Waals surface area contributed by atoms with Crippen molar-refractivity contribution < 1.29 is 13.9 Å². The molecule has 2 aromatic rings. The van der Waals surface area contributed by atoms with Crippen LogP contribution in [0.3, 0.4) is 0 Å². The van der Waals surface area contributed by atoms with Gasteiger partial charge in [-0.25, -0.2) is 4.39 Å². The number of benzene rings is 2. The number of hydrogen-bond acceptors (Lipinski definition) is 3. The van der Waals surface area contributed by atoms with Gasteiger partial charge >= 0.3 is 0 Å². The summed E-state index contributed by atoms with van der Waals surface area (Å²) in [5, 5.41) is 3.17. The highest BCUT2D eigenvalue weighted by Gasteiger charge is 2.04. The van der Waals surface area contributed by atoms with Crippen LogP contribution < -0.4 is 10.1 Å². The summed E-state index contributed by atoms with van der Waals surface area (Å²) in [6, 6.07) is 12.3. The molecule has 0 radical (unpaired) electrons. The van der Waals surface area contributed by atoms with Gasteiger partial charge in [0.25, 0.3) is 0 Å². The molecule has 21 heavy (non-hydrogen) atoms. The van der Waals surface area contributed by atoms with E-state index in [9.17, 15) is 4.39 Å². The second-order valence-electron chi connectivity index (χ2n) is 4.76. The topological polar surface area (TPSA) is 30.5 Å². The fourth-order valence-corrected chi connectivity index (χ4v) is 2.05. The van der Waals surface area contributed by atoms with Crippen LogP contribution in [0.4, 0.5) is 4.39 Å². The van der Waals surface area contributed by atoms with Gasteiger partial charge < -0.3 is 14.8 Å². The maximum absolute atomic E-state index is 13.6. The van der Waals surface area contributed by atoms with Gasteiger partial charge in [0.15, 0.2) is 0 Å². The van der Waals surface area contributed by atoms with Crippen molar-refractivity contribution >= 4 is 0 Å². The molecular weight excluding hydrogens is 269 g/mol. The number of methoxy groups -OCH3 is 1. The lowest BCUT2D eigenvalue weighted by atomic mass is 10.2. The minimum atomic E-state index is -0.298. The monoisotopic (exact) mass is 289 g/mol. The standard InChI is InChI=1S/C17H20FNO2/c1-3-19-11-14-7-15(18)10-17(9-14)21-16-6-4-5-13(8-16)12-20-2/h4-10,19H,3,11-12H2,1-2H3. The van der Waals surface area contributed by atoms with Crippen molar-refractivity contribution in [3.63, 3.8) is 0 Å². The van der Waals surface area contributed by atoms with E-state index in [0.717, 1.165) is 17.7 Å². The summed E-state index contributed by atoms with van der Waals surface area (Å²) in [5.74, 6) is 0.871. The zero-order valence-electron chi connectivity index (χ0n) is 12.4. The second-order valence-corrected chi connectivity index (χ2v) is 4.76. The van der Waals surface area contributed by atoms with E-state index in [4.69, 9.17) is 9.47 Å². The summed E-state index contributed by atoms with van der Waals surface area (Å²) in [4.78, 5) is 0. The molecule has 0 amide bonds. The summed E-state index contributed by atoms with van der Waals surface area (Å²) in [6.45, 7) is 3.99. The van der Waals surface area contributed by atoms with E-state index in [1.54, 1.807) is 7.11 Å². The van der Waals surface area contributed by atoms with Gasteiger partial charge in [-0.2, -0.15) is 0 Å². The second kappa shape index (κ2) is 7.76. The predicted molar refractivity (Wildman–Crippen MR) is 81.0 cm³/mol. The molecule has 0 aromatic heterocycles. The van der Waals surface area contributed by atoms with Crippen LogP contribution in [0.1, 0.15) is 18.1 Å². The van der Waals surface area contributed by atoms with E-state index in [1.165, 1.54) is 12.1 Å². The molecule has 0 unspecified atom stereocenters. The minimum Gasteiger partial charge on any atom is -0.457 e. The van der Waals surface area contributed by atoms with Crippen LogP contribution in [-0.2, 0) is 17.9 Å². The lowest BCUT2D eigenvalue weighted by Crippen LogP contribution is -2.11. The molecule has 1 N–H and O–H groups in total. The fraction of sp³-hybridized carbons (Fsp3) is 0.294. The molecule has 0 aliphatic heterocycles. The Morgan fingerprint density at radius 3 is 2.62 bits per heavy atom. The smallest absolute Gasteiger partial charge is 0.130 e. The summed E-state index contributed by atoms with van der Waals surface area (Å²) < 4.78 is 24.5. The van der Waals surface area contributed by atoms with Crippen molar-refractivity contribution in [3.8, 4) is 11.5 Å². The van der Waals surface area contributed by atoms with Gasteiger partial charge in [-0.3, -0.25) is 0 Å². The molecule has 0 bridgehead atoms. The first-order valence-electron chi connectivity index (χ1n) is 6.97. The minimum absolute atomic E-state index is 0.298. The number of rotatable bonds is 7. The van der Waals surface area contributed by atoms with Crippen LogP contribution >= 0.6 is 0 Å². The molecule has 2 aromatic carbocycles. The first-order valence-corrected chi connectivity index (χ1v) is 6.97. The summed E-state index contributed by atoms with van der Waals surface area (Å²) in [7, 11) is 1.65. The highest BCUT2D eigenvalue weighted by Crippen LogP contribution is 2.24. The highest BCUT2D eigenvalue weighted by molar-refractivity contribution is 5.36. The van der Waals surface area contributed by atoms with Gasteiger partial charge in [-0.05, 0) is 41.9 Å². The Morgan fingerprint density at radius 1 is 1.05 bits per heavy atom. The van der Waals surface area contributed by atoms with Crippen LogP contribution in [-0.4, -0.2) is 13.7 Å². The van der Waals surface area contributed by atoms with Crippen molar-refractivity contribution in [1.29, 1.82) is 0 Å². The lowest BCUT2D eigenvalue weighted by molar-refractivity contribution is 0.184. The van der Waals surface area contributed by atoms with E-state index < -0.39 is 0 Å². The van der Waals surface area contributed by atoms with Crippen LogP contribution in [0.2, 0.25) is 0 Å². The maximum Gasteiger partial charge on any atom is 0.130 e. The third kappa shape index (κ3) is 4.85. The Balaban J connectivity index is 2.14. The third-order valence-corrected chi connectivity index (χ3v) is 2.96. The largest absolute Gasteiger partial charge is 0.457 e. The molecule has 112 valence electrons. The first-order chi connectivity index (χ1) is 10.2. The van der Waals surface area contributed by atoms with Crippen molar-refractivity contribution in [1.82, 2.24) is 5.32 Å². The Morgan fingerprint density at radius 2 is 1.86 bits per heavy atom. The van der Waals surface area contributed by atoms with Gasteiger partial charge in [0, 0.05) is 19.7 Å². The molecular formula is C17H20FNO2. The first kappa shape index (κ1) is 15.5. The van der Waals surface area contributed by atoms with Crippen LogP contribution in [0.5, 0.6) is 11.5 Å². The zero-order chi connectivity index (χ0) is 15.1. The van der Waals surface area contributed by atoms with Gasteiger partial charge in [0.2, 0.25) is 0 Å². The molecule has 0 aliphatic carbocycles. The highest BCUT2D eigenvalue weighted by atomic mass is 19.1. The van der Waals surface area contributed by atoms with Gasteiger partial charge in [0.1, 0.15) is 17.3 Å². The third-order valence-electron chi connectivity index (χ3n) is 2.96. The molecule has 0 heterocycles.